The van der Waals surface area contributed by atoms with Gasteiger partial charge in [-0.25, -0.2) is 0 Å². The second-order valence-corrected chi connectivity index (χ2v) is 9.71. The highest BCUT2D eigenvalue weighted by molar-refractivity contribution is 6.67. The second-order valence-electron chi connectivity index (χ2n) is 6.31. The molecule has 0 rings (SSSR count). The molecular formula is C18H42N2O3Si. The monoisotopic (exact) mass is 362 g/mol. The molecule has 1 N–H and O–H groups in total. The van der Waals surface area contributed by atoms with Crippen molar-refractivity contribution < 1.29 is 13.6 Å². The molecule has 0 saturated heterocycles. The van der Waals surface area contributed by atoms with Gasteiger partial charge in [-0.05, 0) is 53.8 Å². The van der Waals surface area contributed by atoms with Crippen LogP contribution in [0.25, 0.3) is 0 Å². The third-order valence-electron chi connectivity index (χ3n) is 4.38. The zero-order chi connectivity index (χ0) is 18.3. The lowest BCUT2D eigenvalue weighted by Crippen LogP contribution is -2.47. The highest BCUT2D eigenvalue weighted by Gasteiger charge is 2.36. The van der Waals surface area contributed by atoms with Gasteiger partial charge in [0.2, 0.25) is 0 Å². The SMILES string of the molecule is CCC[Si](CCN(C)C(CCCOCC)CNC)(OCC)OCC. The predicted octanol–water partition coefficient (Wildman–Crippen LogP) is 3.25. The maximum Gasteiger partial charge on any atom is 0.339 e. The second kappa shape index (κ2) is 15.3. The summed E-state index contributed by atoms with van der Waals surface area (Å²) in [5, 5.41) is 3.33. The van der Waals surface area contributed by atoms with Gasteiger partial charge in [-0.15, -0.1) is 0 Å². The van der Waals surface area contributed by atoms with Gasteiger partial charge in [-0.3, -0.25) is 0 Å². The lowest BCUT2D eigenvalue weighted by Gasteiger charge is -2.34. The van der Waals surface area contributed by atoms with Crippen molar-refractivity contribution in [1.29, 1.82) is 0 Å². The zero-order valence-electron chi connectivity index (χ0n) is 17.0. The molecule has 0 amide bonds. The van der Waals surface area contributed by atoms with E-state index in [0.29, 0.717) is 6.04 Å². The van der Waals surface area contributed by atoms with Crippen molar-refractivity contribution in [3.63, 3.8) is 0 Å². The van der Waals surface area contributed by atoms with Crippen LogP contribution in [-0.4, -0.2) is 73.1 Å². The summed E-state index contributed by atoms with van der Waals surface area (Å²) >= 11 is 0. The Morgan fingerprint density at radius 2 is 1.67 bits per heavy atom. The van der Waals surface area contributed by atoms with Gasteiger partial charge >= 0.3 is 8.56 Å². The summed E-state index contributed by atoms with van der Waals surface area (Å²) in [6.07, 6.45) is 3.39. The maximum absolute atomic E-state index is 6.17. The summed E-state index contributed by atoms with van der Waals surface area (Å²) in [5.41, 5.74) is 0. The number of likely N-dealkylation sites (N-methyl/N-ethyl adjacent to an activating group) is 2. The molecule has 0 spiro atoms. The minimum atomic E-state index is -2.06. The van der Waals surface area contributed by atoms with Gasteiger partial charge in [0.15, 0.2) is 0 Å². The molecule has 146 valence electrons. The van der Waals surface area contributed by atoms with Crippen molar-refractivity contribution in [3.05, 3.63) is 0 Å². The molecule has 0 aromatic heterocycles. The van der Waals surface area contributed by atoms with E-state index in [-0.39, 0.29) is 0 Å². The van der Waals surface area contributed by atoms with Gasteiger partial charge in [0, 0.05) is 51.6 Å². The highest BCUT2D eigenvalue weighted by atomic mass is 28.4. The number of nitrogens with one attached hydrogen (secondary N) is 1. The first-order chi connectivity index (χ1) is 11.6. The summed E-state index contributed by atoms with van der Waals surface area (Å²) in [6.45, 7) is 13.7. The van der Waals surface area contributed by atoms with Crippen LogP contribution in [0.1, 0.15) is 47.0 Å². The first-order valence-electron chi connectivity index (χ1n) is 9.79. The molecule has 0 fully saturated rings. The Bertz CT molecular complexity index is 266. The topological polar surface area (TPSA) is 43.0 Å². The average molecular weight is 363 g/mol. The molecule has 0 aliphatic carbocycles. The van der Waals surface area contributed by atoms with Gasteiger partial charge in [0.25, 0.3) is 0 Å². The van der Waals surface area contributed by atoms with Crippen LogP contribution in [0.2, 0.25) is 12.1 Å². The van der Waals surface area contributed by atoms with Crippen LogP contribution in [0.15, 0.2) is 0 Å². The highest BCUT2D eigenvalue weighted by Crippen LogP contribution is 2.22. The van der Waals surface area contributed by atoms with Crippen LogP contribution < -0.4 is 5.32 Å². The Balaban J connectivity index is 4.58. The molecule has 1 unspecified atom stereocenters. The first kappa shape index (κ1) is 24.0. The van der Waals surface area contributed by atoms with Gasteiger partial charge in [0.1, 0.15) is 0 Å². The van der Waals surface area contributed by atoms with E-state index >= 15 is 0 Å². The molecule has 0 saturated carbocycles. The molecule has 5 nitrogen and oxygen atoms in total. The van der Waals surface area contributed by atoms with E-state index in [1.165, 1.54) is 0 Å². The van der Waals surface area contributed by atoms with Crippen molar-refractivity contribution >= 4 is 8.56 Å². The Kier molecular flexibility index (Phi) is 15.3. The first-order valence-corrected chi connectivity index (χ1v) is 12.0. The van der Waals surface area contributed by atoms with Gasteiger partial charge in [-0.1, -0.05) is 13.3 Å². The number of hydrogen-bond donors (Lipinski definition) is 1. The number of hydrogen-bond acceptors (Lipinski definition) is 5. The minimum absolute atomic E-state index is 0.534. The van der Waals surface area contributed by atoms with E-state index in [9.17, 15) is 0 Å². The van der Waals surface area contributed by atoms with Crippen molar-refractivity contribution in [2.45, 2.75) is 65.1 Å². The molecule has 0 aliphatic heterocycles. The fraction of sp³-hybridized carbons (Fsp3) is 1.00. The number of ether oxygens (including phenoxy) is 1. The number of rotatable bonds is 17. The minimum Gasteiger partial charge on any atom is -0.394 e. The molecule has 0 bridgehead atoms. The van der Waals surface area contributed by atoms with Crippen molar-refractivity contribution in [2.24, 2.45) is 0 Å². The zero-order valence-corrected chi connectivity index (χ0v) is 18.0. The Hall–Kier alpha value is 0.0169. The molecular weight excluding hydrogens is 320 g/mol. The molecule has 1 atom stereocenters. The fourth-order valence-corrected chi connectivity index (χ4v) is 6.59. The third-order valence-corrected chi connectivity index (χ3v) is 8.26. The molecule has 0 aliphatic rings. The lowest BCUT2D eigenvalue weighted by atomic mass is 10.1. The normalized spacial score (nSPS) is 13.6. The summed E-state index contributed by atoms with van der Waals surface area (Å²) in [5.74, 6) is 0. The Morgan fingerprint density at radius 1 is 1.00 bits per heavy atom. The number of nitrogens with zero attached hydrogens (tertiary/aromatic N) is 1. The molecule has 0 radical (unpaired) electrons. The lowest BCUT2D eigenvalue weighted by molar-refractivity contribution is 0.130. The fourth-order valence-electron chi connectivity index (χ4n) is 3.17. The van der Waals surface area contributed by atoms with Crippen LogP contribution in [0.3, 0.4) is 0 Å². The molecule has 24 heavy (non-hydrogen) atoms. The molecule has 0 heterocycles. The predicted molar refractivity (Wildman–Crippen MR) is 105 cm³/mol. The van der Waals surface area contributed by atoms with Crippen LogP contribution in [0, 0.1) is 0 Å². The van der Waals surface area contributed by atoms with E-state index in [1.54, 1.807) is 0 Å². The van der Waals surface area contributed by atoms with E-state index in [1.807, 2.05) is 7.05 Å². The van der Waals surface area contributed by atoms with Crippen molar-refractivity contribution in [3.8, 4) is 0 Å². The van der Waals surface area contributed by atoms with E-state index < -0.39 is 8.56 Å². The van der Waals surface area contributed by atoms with Crippen LogP contribution >= 0.6 is 0 Å². The molecule has 0 aromatic carbocycles. The maximum atomic E-state index is 6.17. The van der Waals surface area contributed by atoms with E-state index in [2.05, 4.69) is 45.0 Å². The summed E-state index contributed by atoms with van der Waals surface area (Å²) < 4.78 is 17.8. The molecule has 0 aromatic rings. The van der Waals surface area contributed by atoms with Gasteiger partial charge < -0.3 is 23.8 Å². The van der Waals surface area contributed by atoms with Crippen LogP contribution in [-0.2, 0) is 13.6 Å². The average Bonchev–Trinajstić information content (AvgIpc) is 2.56. The van der Waals surface area contributed by atoms with E-state index in [0.717, 1.165) is 70.9 Å². The summed E-state index contributed by atoms with van der Waals surface area (Å²) in [4.78, 5) is 2.47. The van der Waals surface area contributed by atoms with Gasteiger partial charge in [-0.2, -0.15) is 0 Å². The van der Waals surface area contributed by atoms with E-state index in [4.69, 9.17) is 13.6 Å². The summed E-state index contributed by atoms with van der Waals surface area (Å²) in [7, 11) is 2.20. The standard InChI is InChI=1S/C18H42N2O3Si/c1-7-15-24(22-9-3,23-10-4)16-13-20(6)18(17-19-5)12-11-14-21-8-2/h18-19H,7-17H2,1-6H3. The third kappa shape index (κ3) is 10.1. The van der Waals surface area contributed by atoms with Crippen molar-refractivity contribution in [1.82, 2.24) is 10.2 Å². The van der Waals surface area contributed by atoms with Crippen molar-refractivity contribution in [2.75, 3.05) is 53.6 Å². The Morgan fingerprint density at radius 3 is 2.17 bits per heavy atom. The van der Waals surface area contributed by atoms with Gasteiger partial charge in [0.05, 0.1) is 0 Å². The summed E-state index contributed by atoms with van der Waals surface area (Å²) in [6, 6.07) is 2.67. The largest absolute Gasteiger partial charge is 0.394 e. The Labute approximate surface area is 151 Å². The quantitative estimate of drug-likeness (QED) is 0.318. The smallest absolute Gasteiger partial charge is 0.339 e. The van der Waals surface area contributed by atoms with Crippen LogP contribution in [0.4, 0.5) is 0 Å². The molecule has 6 heteroatoms. The van der Waals surface area contributed by atoms with Crippen LogP contribution in [0.5, 0.6) is 0 Å².